The van der Waals surface area contributed by atoms with Crippen LogP contribution < -0.4 is 15.1 Å². The molecule has 3 heterocycles. The number of rotatable bonds is 2. The lowest BCUT2D eigenvalue weighted by molar-refractivity contribution is -0.0484. The van der Waals surface area contributed by atoms with Crippen molar-refractivity contribution in [2.45, 2.75) is 12.2 Å². The number of aromatic nitrogens is 1. The lowest BCUT2D eigenvalue weighted by Gasteiger charge is -2.42. The molecule has 0 saturated carbocycles. The van der Waals surface area contributed by atoms with Gasteiger partial charge in [0.05, 0.1) is 24.1 Å². The SMILES string of the molecule is CN(C)c1ccc(N2CC3CNCC(C2)O3)cn1. The number of anilines is 2. The number of pyridine rings is 1. The van der Waals surface area contributed by atoms with Crippen molar-refractivity contribution < 1.29 is 4.74 Å². The van der Waals surface area contributed by atoms with E-state index in [-0.39, 0.29) is 0 Å². The molecular weight excluding hydrogens is 228 g/mol. The highest BCUT2D eigenvalue weighted by molar-refractivity contribution is 5.50. The van der Waals surface area contributed by atoms with Crippen molar-refractivity contribution in [3.05, 3.63) is 18.3 Å². The van der Waals surface area contributed by atoms with Crippen molar-refractivity contribution in [2.75, 3.05) is 50.1 Å². The molecule has 0 amide bonds. The summed E-state index contributed by atoms with van der Waals surface area (Å²) < 4.78 is 5.90. The predicted octanol–water partition coefficient (Wildman–Crippen LogP) is 0.325. The molecule has 2 fully saturated rings. The van der Waals surface area contributed by atoms with Crippen molar-refractivity contribution in [2.24, 2.45) is 0 Å². The van der Waals surface area contributed by atoms with Crippen LogP contribution in [0.15, 0.2) is 18.3 Å². The van der Waals surface area contributed by atoms with Crippen LogP contribution in [0.3, 0.4) is 0 Å². The highest BCUT2D eigenvalue weighted by Gasteiger charge is 2.31. The van der Waals surface area contributed by atoms with Crippen molar-refractivity contribution in [1.29, 1.82) is 0 Å². The third-order valence-corrected chi connectivity index (χ3v) is 3.53. The molecule has 3 rings (SSSR count). The fourth-order valence-electron chi connectivity index (χ4n) is 2.60. The van der Waals surface area contributed by atoms with Crippen LogP contribution >= 0.6 is 0 Å². The lowest BCUT2D eigenvalue weighted by atomic mass is 10.1. The molecule has 2 saturated heterocycles. The molecule has 2 unspecified atom stereocenters. The first kappa shape index (κ1) is 11.7. The highest BCUT2D eigenvalue weighted by Crippen LogP contribution is 2.22. The van der Waals surface area contributed by atoms with Crippen LogP contribution in [0.1, 0.15) is 0 Å². The minimum Gasteiger partial charge on any atom is -0.369 e. The first-order valence-electron chi connectivity index (χ1n) is 6.47. The Morgan fingerprint density at radius 1 is 1.28 bits per heavy atom. The average molecular weight is 248 g/mol. The second kappa shape index (κ2) is 4.74. The van der Waals surface area contributed by atoms with E-state index in [1.54, 1.807) is 0 Å². The summed E-state index contributed by atoms with van der Waals surface area (Å²) >= 11 is 0. The number of nitrogens with zero attached hydrogens (tertiary/aromatic N) is 3. The zero-order valence-corrected chi connectivity index (χ0v) is 11.0. The molecule has 0 spiro atoms. The Labute approximate surface area is 108 Å². The van der Waals surface area contributed by atoms with Gasteiger partial charge in [-0.1, -0.05) is 0 Å². The second-order valence-corrected chi connectivity index (χ2v) is 5.21. The van der Waals surface area contributed by atoms with Gasteiger partial charge in [0.1, 0.15) is 5.82 Å². The summed E-state index contributed by atoms with van der Waals surface area (Å²) in [4.78, 5) is 8.87. The summed E-state index contributed by atoms with van der Waals surface area (Å²) in [6, 6.07) is 4.22. The largest absolute Gasteiger partial charge is 0.369 e. The van der Waals surface area contributed by atoms with Gasteiger partial charge in [-0.3, -0.25) is 0 Å². The zero-order valence-electron chi connectivity index (χ0n) is 11.0. The highest BCUT2D eigenvalue weighted by atomic mass is 16.5. The molecule has 2 aliphatic heterocycles. The minimum atomic E-state index is 0.311. The van der Waals surface area contributed by atoms with Gasteiger partial charge in [0, 0.05) is 40.3 Å². The summed E-state index contributed by atoms with van der Waals surface area (Å²) in [5.74, 6) is 0.994. The number of morpholine rings is 2. The topological polar surface area (TPSA) is 40.6 Å². The van der Waals surface area contributed by atoms with Crippen LogP contribution in [-0.4, -0.2) is 57.5 Å². The van der Waals surface area contributed by atoms with E-state index in [0.29, 0.717) is 12.2 Å². The standard InChI is InChI=1S/C13H20N4O/c1-16(2)13-4-3-10(5-15-13)17-8-11-6-14-7-12(9-17)18-11/h3-5,11-12,14H,6-9H2,1-2H3. The Morgan fingerprint density at radius 3 is 2.56 bits per heavy atom. The monoisotopic (exact) mass is 248 g/mol. The first-order chi connectivity index (χ1) is 8.72. The van der Waals surface area contributed by atoms with Crippen LogP contribution in [0.25, 0.3) is 0 Å². The number of nitrogens with one attached hydrogen (secondary N) is 1. The van der Waals surface area contributed by atoms with Crippen LogP contribution in [0.5, 0.6) is 0 Å². The molecule has 0 radical (unpaired) electrons. The molecule has 2 atom stereocenters. The normalized spacial score (nSPS) is 27.1. The van der Waals surface area contributed by atoms with Crippen LogP contribution in [-0.2, 0) is 4.74 Å². The van der Waals surface area contributed by atoms with Gasteiger partial charge >= 0.3 is 0 Å². The van der Waals surface area contributed by atoms with Gasteiger partial charge in [-0.05, 0) is 12.1 Å². The van der Waals surface area contributed by atoms with E-state index in [1.165, 1.54) is 5.69 Å². The Morgan fingerprint density at radius 2 is 2.00 bits per heavy atom. The maximum Gasteiger partial charge on any atom is 0.128 e. The van der Waals surface area contributed by atoms with E-state index in [4.69, 9.17) is 4.74 Å². The van der Waals surface area contributed by atoms with Gasteiger partial charge in [0.2, 0.25) is 0 Å². The summed E-state index contributed by atoms with van der Waals surface area (Å²) in [6.45, 7) is 3.81. The van der Waals surface area contributed by atoms with E-state index < -0.39 is 0 Å². The Bertz CT molecular complexity index is 394. The van der Waals surface area contributed by atoms with Gasteiger partial charge in [-0.2, -0.15) is 0 Å². The van der Waals surface area contributed by atoms with Crippen molar-refractivity contribution in [1.82, 2.24) is 10.3 Å². The van der Waals surface area contributed by atoms with Crippen LogP contribution in [0.2, 0.25) is 0 Å². The number of hydrogen-bond donors (Lipinski definition) is 1. The Balaban J connectivity index is 1.74. The average Bonchev–Trinajstić information content (AvgIpc) is 2.38. The van der Waals surface area contributed by atoms with Gasteiger partial charge in [0.25, 0.3) is 0 Å². The van der Waals surface area contributed by atoms with Crippen molar-refractivity contribution in [3.63, 3.8) is 0 Å². The first-order valence-corrected chi connectivity index (χ1v) is 6.47. The fourth-order valence-corrected chi connectivity index (χ4v) is 2.60. The third-order valence-electron chi connectivity index (χ3n) is 3.53. The molecule has 2 aliphatic rings. The van der Waals surface area contributed by atoms with E-state index >= 15 is 0 Å². The molecule has 5 nitrogen and oxygen atoms in total. The number of hydrogen-bond acceptors (Lipinski definition) is 5. The molecule has 0 aliphatic carbocycles. The number of fused-ring (bicyclic) bond motifs is 2. The summed E-state index contributed by atoms with van der Waals surface area (Å²) in [5, 5.41) is 3.41. The molecule has 5 heteroatoms. The molecule has 1 aromatic heterocycles. The maximum absolute atomic E-state index is 5.90. The number of ether oxygens (including phenoxy) is 1. The van der Waals surface area contributed by atoms with Gasteiger partial charge < -0.3 is 19.9 Å². The lowest BCUT2D eigenvalue weighted by Crippen LogP contribution is -2.58. The second-order valence-electron chi connectivity index (χ2n) is 5.21. The Kier molecular flexibility index (Phi) is 3.09. The molecule has 98 valence electrons. The smallest absolute Gasteiger partial charge is 0.128 e. The zero-order chi connectivity index (χ0) is 12.5. The van der Waals surface area contributed by atoms with E-state index in [2.05, 4.69) is 27.3 Å². The molecule has 18 heavy (non-hydrogen) atoms. The quantitative estimate of drug-likeness (QED) is 0.816. The third kappa shape index (κ3) is 2.28. The van der Waals surface area contributed by atoms with E-state index in [9.17, 15) is 0 Å². The van der Waals surface area contributed by atoms with Crippen LogP contribution in [0, 0.1) is 0 Å². The fraction of sp³-hybridized carbons (Fsp3) is 0.615. The molecule has 1 aromatic rings. The van der Waals surface area contributed by atoms with Crippen molar-refractivity contribution >= 4 is 11.5 Å². The minimum absolute atomic E-state index is 0.311. The Hall–Kier alpha value is -1.33. The molecular formula is C13H20N4O. The van der Waals surface area contributed by atoms with Gasteiger partial charge in [0.15, 0.2) is 0 Å². The molecule has 2 bridgehead atoms. The predicted molar refractivity (Wildman–Crippen MR) is 72.3 cm³/mol. The summed E-state index contributed by atoms with van der Waals surface area (Å²) in [5.41, 5.74) is 1.20. The van der Waals surface area contributed by atoms with E-state index in [0.717, 1.165) is 32.0 Å². The van der Waals surface area contributed by atoms with Crippen LogP contribution in [0.4, 0.5) is 11.5 Å². The van der Waals surface area contributed by atoms with E-state index in [1.807, 2.05) is 25.2 Å². The van der Waals surface area contributed by atoms with Gasteiger partial charge in [-0.15, -0.1) is 0 Å². The molecule has 0 aromatic carbocycles. The van der Waals surface area contributed by atoms with Gasteiger partial charge in [-0.25, -0.2) is 4.98 Å². The summed E-state index contributed by atoms with van der Waals surface area (Å²) in [6.07, 6.45) is 2.58. The maximum atomic E-state index is 5.90. The summed E-state index contributed by atoms with van der Waals surface area (Å²) in [7, 11) is 4.01. The molecule has 1 N–H and O–H groups in total. The van der Waals surface area contributed by atoms with Crippen molar-refractivity contribution in [3.8, 4) is 0 Å².